The van der Waals surface area contributed by atoms with E-state index in [2.05, 4.69) is 17.1 Å². The van der Waals surface area contributed by atoms with Crippen LogP contribution in [0, 0.1) is 0 Å². The smallest absolute Gasteiger partial charge is 0.256 e. The second kappa shape index (κ2) is 6.56. The zero-order valence-corrected chi connectivity index (χ0v) is 12.5. The Hall–Kier alpha value is -2.43. The fourth-order valence-corrected chi connectivity index (χ4v) is 2.51. The Balaban J connectivity index is 1.83. The van der Waals surface area contributed by atoms with Crippen LogP contribution in [0.15, 0.2) is 65.5 Å². The molecule has 1 heterocycles. The summed E-state index contributed by atoms with van der Waals surface area (Å²) in [7, 11) is 1.64. The van der Waals surface area contributed by atoms with Crippen LogP contribution in [0.1, 0.15) is 11.3 Å². The van der Waals surface area contributed by atoms with Crippen molar-refractivity contribution in [3.8, 4) is 0 Å². The monoisotopic (exact) mass is 294 g/mol. The fraction of sp³-hybridized carbons (Fsp3) is 0.167. The molecule has 2 aromatic carbocycles. The van der Waals surface area contributed by atoms with E-state index in [9.17, 15) is 4.79 Å². The molecule has 0 aliphatic rings. The molecule has 3 aromatic rings. The molecule has 0 saturated heterocycles. The molecule has 4 heteroatoms. The number of hydrogen-bond donors (Lipinski definition) is 1. The molecule has 22 heavy (non-hydrogen) atoms. The maximum absolute atomic E-state index is 12.1. The number of fused-ring (bicyclic) bond motifs is 1. The van der Waals surface area contributed by atoms with Gasteiger partial charge in [-0.3, -0.25) is 4.79 Å². The topological polar surface area (TPSA) is 45.3 Å². The third kappa shape index (κ3) is 3.24. The SMILES string of the molecule is CON(Cc1ccccc1)Cc1cc2ccccc2c(=O)[nH]1. The van der Waals surface area contributed by atoms with Crippen LogP contribution in [0.2, 0.25) is 0 Å². The number of nitrogens with zero attached hydrogens (tertiary/aromatic N) is 1. The quantitative estimate of drug-likeness (QED) is 0.735. The average molecular weight is 294 g/mol. The lowest BCUT2D eigenvalue weighted by Gasteiger charge is -2.19. The molecule has 0 saturated carbocycles. The van der Waals surface area contributed by atoms with E-state index in [1.807, 2.05) is 53.6 Å². The second-order valence-corrected chi connectivity index (χ2v) is 5.18. The Morgan fingerprint density at radius 1 is 1.00 bits per heavy atom. The molecule has 0 unspecified atom stereocenters. The first-order chi connectivity index (χ1) is 10.8. The number of aromatic nitrogens is 1. The standard InChI is InChI=1S/C18H18N2O2/c1-22-20(12-14-7-3-2-4-8-14)13-16-11-15-9-5-6-10-17(15)18(21)19-16/h2-11H,12-13H2,1H3,(H,19,21). The minimum absolute atomic E-state index is 0.0659. The van der Waals surface area contributed by atoms with E-state index >= 15 is 0 Å². The molecule has 0 aliphatic carbocycles. The minimum Gasteiger partial charge on any atom is -0.324 e. The van der Waals surface area contributed by atoms with E-state index in [0.717, 1.165) is 16.6 Å². The van der Waals surface area contributed by atoms with Gasteiger partial charge in [-0.05, 0) is 23.1 Å². The molecule has 0 bridgehead atoms. The average Bonchev–Trinajstić information content (AvgIpc) is 2.55. The van der Waals surface area contributed by atoms with Crippen molar-refractivity contribution in [2.24, 2.45) is 0 Å². The number of aromatic amines is 1. The molecule has 0 radical (unpaired) electrons. The number of H-pyrrole nitrogens is 1. The maximum atomic E-state index is 12.1. The molecule has 0 spiro atoms. The Morgan fingerprint density at radius 3 is 2.50 bits per heavy atom. The van der Waals surface area contributed by atoms with E-state index in [-0.39, 0.29) is 5.56 Å². The van der Waals surface area contributed by atoms with Gasteiger partial charge in [0.15, 0.2) is 0 Å². The summed E-state index contributed by atoms with van der Waals surface area (Å²) in [6.07, 6.45) is 0. The Kier molecular flexibility index (Phi) is 4.32. The molecule has 1 aromatic heterocycles. The summed E-state index contributed by atoms with van der Waals surface area (Å²) in [5.41, 5.74) is 1.93. The molecule has 112 valence electrons. The van der Waals surface area contributed by atoms with Gasteiger partial charge in [-0.2, -0.15) is 5.06 Å². The van der Waals surface area contributed by atoms with Crippen molar-refractivity contribution >= 4 is 10.8 Å². The van der Waals surface area contributed by atoms with Crippen LogP contribution in [0.3, 0.4) is 0 Å². The summed E-state index contributed by atoms with van der Waals surface area (Å²) in [5.74, 6) is 0. The Bertz CT molecular complexity index is 812. The number of benzene rings is 2. The molecule has 3 rings (SSSR count). The highest BCUT2D eigenvalue weighted by molar-refractivity contribution is 5.81. The molecule has 0 aliphatic heterocycles. The van der Waals surface area contributed by atoms with Crippen LogP contribution in [0.4, 0.5) is 0 Å². The first kappa shape index (κ1) is 14.5. The van der Waals surface area contributed by atoms with Crippen molar-refractivity contribution in [2.75, 3.05) is 7.11 Å². The third-order valence-electron chi connectivity index (χ3n) is 3.62. The van der Waals surface area contributed by atoms with E-state index in [4.69, 9.17) is 4.84 Å². The van der Waals surface area contributed by atoms with Gasteiger partial charge >= 0.3 is 0 Å². The van der Waals surface area contributed by atoms with Crippen molar-refractivity contribution < 1.29 is 4.84 Å². The number of nitrogens with one attached hydrogen (secondary N) is 1. The molecule has 1 N–H and O–H groups in total. The first-order valence-electron chi connectivity index (χ1n) is 7.20. The van der Waals surface area contributed by atoms with Crippen molar-refractivity contribution in [3.63, 3.8) is 0 Å². The van der Waals surface area contributed by atoms with Crippen LogP contribution < -0.4 is 5.56 Å². The van der Waals surface area contributed by atoms with Crippen LogP contribution in [-0.4, -0.2) is 17.2 Å². The summed E-state index contributed by atoms with van der Waals surface area (Å²) >= 11 is 0. The lowest BCUT2D eigenvalue weighted by Crippen LogP contribution is -2.23. The predicted octanol–water partition coefficient (Wildman–Crippen LogP) is 3.09. The van der Waals surface area contributed by atoms with E-state index in [1.54, 1.807) is 7.11 Å². The minimum atomic E-state index is -0.0659. The Labute approximate surface area is 128 Å². The highest BCUT2D eigenvalue weighted by atomic mass is 16.7. The summed E-state index contributed by atoms with van der Waals surface area (Å²) < 4.78 is 0. The molecule has 0 atom stereocenters. The zero-order valence-electron chi connectivity index (χ0n) is 12.5. The van der Waals surface area contributed by atoms with Gasteiger partial charge in [0.05, 0.1) is 13.7 Å². The predicted molar refractivity (Wildman–Crippen MR) is 87.3 cm³/mol. The molecule has 0 amide bonds. The fourth-order valence-electron chi connectivity index (χ4n) is 2.51. The maximum Gasteiger partial charge on any atom is 0.256 e. The van der Waals surface area contributed by atoms with Crippen molar-refractivity contribution in [1.82, 2.24) is 10.0 Å². The summed E-state index contributed by atoms with van der Waals surface area (Å²) in [5, 5.41) is 3.46. The summed E-state index contributed by atoms with van der Waals surface area (Å²) in [6, 6.07) is 19.7. The van der Waals surface area contributed by atoms with Gasteiger partial charge in [-0.25, -0.2) is 0 Å². The van der Waals surface area contributed by atoms with Gasteiger partial charge in [0, 0.05) is 17.6 Å². The molecule has 4 nitrogen and oxygen atoms in total. The van der Waals surface area contributed by atoms with Gasteiger partial charge < -0.3 is 9.82 Å². The first-order valence-corrected chi connectivity index (χ1v) is 7.20. The highest BCUT2D eigenvalue weighted by Gasteiger charge is 2.08. The van der Waals surface area contributed by atoms with Crippen LogP contribution >= 0.6 is 0 Å². The number of rotatable bonds is 5. The number of hydroxylamine groups is 2. The Morgan fingerprint density at radius 2 is 1.73 bits per heavy atom. The lowest BCUT2D eigenvalue weighted by molar-refractivity contribution is -0.147. The largest absolute Gasteiger partial charge is 0.324 e. The van der Waals surface area contributed by atoms with Crippen LogP contribution in [-0.2, 0) is 17.9 Å². The van der Waals surface area contributed by atoms with Gasteiger partial charge in [0.25, 0.3) is 5.56 Å². The van der Waals surface area contributed by atoms with Crippen molar-refractivity contribution in [3.05, 3.63) is 82.3 Å². The summed E-state index contributed by atoms with van der Waals surface area (Å²) in [4.78, 5) is 20.5. The van der Waals surface area contributed by atoms with E-state index in [1.165, 1.54) is 0 Å². The normalized spacial score (nSPS) is 11.2. The van der Waals surface area contributed by atoms with E-state index < -0.39 is 0 Å². The van der Waals surface area contributed by atoms with E-state index in [0.29, 0.717) is 18.5 Å². The molecular formula is C18H18N2O2. The number of pyridine rings is 1. The summed E-state index contributed by atoms with van der Waals surface area (Å²) in [6.45, 7) is 1.18. The van der Waals surface area contributed by atoms with Gasteiger partial charge in [0.1, 0.15) is 0 Å². The van der Waals surface area contributed by atoms with Crippen molar-refractivity contribution in [2.45, 2.75) is 13.1 Å². The molecular weight excluding hydrogens is 276 g/mol. The number of hydrogen-bond acceptors (Lipinski definition) is 3. The van der Waals surface area contributed by atoms with Crippen LogP contribution in [0.25, 0.3) is 10.8 Å². The zero-order chi connectivity index (χ0) is 15.4. The van der Waals surface area contributed by atoms with Crippen molar-refractivity contribution in [1.29, 1.82) is 0 Å². The highest BCUT2D eigenvalue weighted by Crippen LogP contribution is 2.13. The molecule has 0 fully saturated rings. The van der Waals surface area contributed by atoms with Gasteiger partial charge in [-0.1, -0.05) is 48.5 Å². The van der Waals surface area contributed by atoms with Crippen LogP contribution in [0.5, 0.6) is 0 Å². The second-order valence-electron chi connectivity index (χ2n) is 5.18. The van der Waals surface area contributed by atoms with Gasteiger partial charge in [0.2, 0.25) is 0 Å². The lowest BCUT2D eigenvalue weighted by atomic mass is 10.1. The van der Waals surface area contributed by atoms with Gasteiger partial charge in [-0.15, -0.1) is 0 Å². The third-order valence-corrected chi connectivity index (χ3v) is 3.62.